The smallest absolute Gasteiger partial charge is 0.292 e. The molecule has 0 bridgehead atoms. The van der Waals surface area contributed by atoms with Crippen molar-refractivity contribution in [1.82, 2.24) is 14.8 Å². The molecule has 108 valence electrons. The minimum Gasteiger partial charge on any atom is -0.292 e. The van der Waals surface area contributed by atoms with Gasteiger partial charge in [0.05, 0.1) is 0 Å². The number of nitrogens with zero attached hydrogens (tertiary/aromatic N) is 2. The van der Waals surface area contributed by atoms with E-state index in [0.29, 0.717) is 0 Å². The normalized spacial score (nSPS) is 12.9. The standard InChI is InChI=1S/C11H8ClF4N3O/c12-6-2-1-3-7(13)5(6)4-8-17-11(20)19(18-8)10(16)9(14)15/h1-3,9-10H,4H2,(H,17,18,20). The number of hydrogen-bond acceptors (Lipinski definition) is 2. The predicted octanol–water partition coefficient (Wildman–Crippen LogP) is 2.69. The third kappa shape index (κ3) is 2.84. The van der Waals surface area contributed by atoms with E-state index in [-0.39, 0.29) is 27.5 Å². The molecule has 1 heterocycles. The Bertz CT molecular complexity index is 650. The fraction of sp³-hybridized carbons (Fsp3) is 0.273. The van der Waals surface area contributed by atoms with Gasteiger partial charge in [0, 0.05) is 17.0 Å². The van der Waals surface area contributed by atoms with Crippen LogP contribution in [-0.4, -0.2) is 21.2 Å². The number of rotatable bonds is 4. The Labute approximate surface area is 115 Å². The minimum atomic E-state index is -3.39. The molecule has 1 N–H and O–H groups in total. The van der Waals surface area contributed by atoms with Crippen LogP contribution in [0, 0.1) is 5.82 Å². The van der Waals surface area contributed by atoms with Gasteiger partial charge in [-0.25, -0.2) is 22.4 Å². The molecule has 4 nitrogen and oxygen atoms in total. The van der Waals surface area contributed by atoms with Crippen LogP contribution in [0.1, 0.15) is 17.7 Å². The molecule has 1 aromatic carbocycles. The van der Waals surface area contributed by atoms with Crippen molar-refractivity contribution in [3.63, 3.8) is 0 Å². The van der Waals surface area contributed by atoms with Gasteiger partial charge in [-0.1, -0.05) is 17.7 Å². The Morgan fingerprint density at radius 3 is 2.65 bits per heavy atom. The van der Waals surface area contributed by atoms with Crippen LogP contribution >= 0.6 is 11.6 Å². The summed E-state index contributed by atoms with van der Waals surface area (Å²) in [5.74, 6) is -0.802. The summed E-state index contributed by atoms with van der Waals surface area (Å²) in [4.78, 5) is 13.4. The number of halogens is 5. The van der Waals surface area contributed by atoms with Crippen molar-refractivity contribution in [1.29, 1.82) is 0 Å². The average Bonchev–Trinajstić information content (AvgIpc) is 2.74. The number of aromatic amines is 1. The maximum absolute atomic E-state index is 13.5. The van der Waals surface area contributed by atoms with E-state index < -0.39 is 24.2 Å². The van der Waals surface area contributed by atoms with Gasteiger partial charge in [-0.15, -0.1) is 0 Å². The van der Waals surface area contributed by atoms with Gasteiger partial charge in [-0.2, -0.15) is 9.78 Å². The minimum absolute atomic E-state index is 0.0191. The lowest BCUT2D eigenvalue weighted by Gasteiger charge is -2.05. The average molecular weight is 310 g/mol. The Hall–Kier alpha value is -1.83. The van der Waals surface area contributed by atoms with E-state index in [4.69, 9.17) is 11.6 Å². The molecule has 0 fully saturated rings. The molecule has 0 aliphatic carbocycles. The molecular formula is C11H8ClF4N3O. The van der Waals surface area contributed by atoms with Crippen molar-refractivity contribution in [3.8, 4) is 0 Å². The van der Waals surface area contributed by atoms with E-state index in [0.717, 1.165) is 6.07 Å². The number of H-pyrrole nitrogens is 1. The van der Waals surface area contributed by atoms with Crippen LogP contribution in [0.4, 0.5) is 17.6 Å². The van der Waals surface area contributed by atoms with Crippen LogP contribution in [0.5, 0.6) is 0 Å². The predicted molar refractivity (Wildman–Crippen MR) is 63.2 cm³/mol. The van der Waals surface area contributed by atoms with E-state index in [2.05, 4.69) is 10.1 Å². The topological polar surface area (TPSA) is 50.7 Å². The Morgan fingerprint density at radius 1 is 1.35 bits per heavy atom. The summed E-state index contributed by atoms with van der Waals surface area (Å²) < 4.78 is 50.9. The summed E-state index contributed by atoms with van der Waals surface area (Å²) in [5.41, 5.74) is -1.11. The highest BCUT2D eigenvalue weighted by Gasteiger charge is 2.25. The lowest BCUT2D eigenvalue weighted by Crippen LogP contribution is -2.25. The number of alkyl halides is 3. The second-order valence-electron chi connectivity index (χ2n) is 3.91. The molecule has 9 heteroatoms. The van der Waals surface area contributed by atoms with E-state index in [1.165, 1.54) is 12.1 Å². The molecule has 2 rings (SSSR count). The molecule has 0 amide bonds. The maximum Gasteiger partial charge on any atom is 0.346 e. The SMILES string of the molecule is O=c1[nH]c(Cc2c(F)cccc2Cl)nn1C(F)C(F)F. The largest absolute Gasteiger partial charge is 0.346 e. The fourth-order valence-electron chi connectivity index (χ4n) is 1.60. The van der Waals surface area contributed by atoms with Crippen LogP contribution in [0.25, 0.3) is 0 Å². The van der Waals surface area contributed by atoms with Crippen LogP contribution in [0.15, 0.2) is 23.0 Å². The lowest BCUT2D eigenvalue weighted by atomic mass is 10.1. The highest BCUT2D eigenvalue weighted by Crippen LogP contribution is 2.21. The highest BCUT2D eigenvalue weighted by molar-refractivity contribution is 6.31. The summed E-state index contributed by atoms with van der Waals surface area (Å²) in [6, 6.07) is 3.95. The van der Waals surface area contributed by atoms with Crippen molar-refractivity contribution < 1.29 is 17.6 Å². The second kappa shape index (κ2) is 5.66. The molecule has 2 aromatic rings. The van der Waals surface area contributed by atoms with Crippen molar-refractivity contribution in [2.75, 3.05) is 0 Å². The van der Waals surface area contributed by atoms with Gasteiger partial charge in [0.25, 0.3) is 12.7 Å². The van der Waals surface area contributed by atoms with E-state index in [1.54, 1.807) is 0 Å². The Morgan fingerprint density at radius 2 is 2.05 bits per heavy atom. The fourth-order valence-corrected chi connectivity index (χ4v) is 1.83. The number of hydrogen-bond donors (Lipinski definition) is 1. The summed E-state index contributed by atoms with van der Waals surface area (Å²) in [7, 11) is 0. The summed E-state index contributed by atoms with van der Waals surface area (Å²) in [6.45, 7) is 0. The monoisotopic (exact) mass is 309 g/mol. The van der Waals surface area contributed by atoms with Gasteiger partial charge < -0.3 is 0 Å². The number of nitrogens with one attached hydrogen (secondary N) is 1. The third-order valence-corrected chi connectivity index (χ3v) is 2.89. The molecule has 1 aromatic heterocycles. The number of benzene rings is 1. The molecule has 0 saturated heterocycles. The second-order valence-corrected chi connectivity index (χ2v) is 4.31. The first-order chi connectivity index (χ1) is 9.40. The zero-order valence-electron chi connectivity index (χ0n) is 9.79. The highest BCUT2D eigenvalue weighted by atomic mass is 35.5. The lowest BCUT2D eigenvalue weighted by molar-refractivity contribution is -0.00158. The maximum atomic E-state index is 13.5. The van der Waals surface area contributed by atoms with Crippen molar-refractivity contribution in [2.24, 2.45) is 0 Å². The van der Waals surface area contributed by atoms with E-state index in [1.807, 2.05) is 0 Å². The molecule has 0 saturated carbocycles. The summed E-state index contributed by atoms with van der Waals surface area (Å²) in [6.07, 6.45) is -6.49. The van der Waals surface area contributed by atoms with Crippen molar-refractivity contribution >= 4 is 11.6 Å². The summed E-state index contributed by atoms with van der Waals surface area (Å²) in [5, 5.41) is 3.47. The quantitative estimate of drug-likeness (QED) is 0.883. The van der Waals surface area contributed by atoms with E-state index >= 15 is 0 Å². The van der Waals surface area contributed by atoms with Crippen LogP contribution in [-0.2, 0) is 6.42 Å². The molecule has 0 spiro atoms. The third-order valence-electron chi connectivity index (χ3n) is 2.54. The zero-order chi connectivity index (χ0) is 14.9. The first-order valence-electron chi connectivity index (χ1n) is 5.43. The molecule has 0 aliphatic rings. The van der Waals surface area contributed by atoms with Crippen LogP contribution in [0.2, 0.25) is 5.02 Å². The van der Waals surface area contributed by atoms with Crippen LogP contribution < -0.4 is 5.69 Å². The van der Waals surface area contributed by atoms with Crippen LogP contribution in [0.3, 0.4) is 0 Å². The van der Waals surface area contributed by atoms with Crippen molar-refractivity contribution in [2.45, 2.75) is 19.1 Å². The Balaban J connectivity index is 2.32. The Kier molecular flexibility index (Phi) is 4.12. The van der Waals surface area contributed by atoms with Crippen molar-refractivity contribution in [3.05, 3.63) is 50.9 Å². The molecule has 20 heavy (non-hydrogen) atoms. The molecule has 1 unspecified atom stereocenters. The molecule has 1 atom stereocenters. The van der Waals surface area contributed by atoms with Gasteiger partial charge in [0.15, 0.2) is 0 Å². The molecular weight excluding hydrogens is 302 g/mol. The summed E-state index contributed by atoms with van der Waals surface area (Å²) >= 11 is 5.78. The van der Waals surface area contributed by atoms with Gasteiger partial charge in [0.1, 0.15) is 11.6 Å². The number of aromatic nitrogens is 3. The van der Waals surface area contributed by atoms with Gasteiger partial charge in [0.2, 0.25) is 0 Å². The van der Waals surface area contributed by atoms with Gasteiger partial charge in [-0.3, -0.25) is 4.98 Å². The zero-order valence-corrected chi connectivity index (χ0v) is 10.5. The molecule has 0 aliphatic heterocycles. The van der Waals surface area contributed by atoms with Gasteiger partial charge in [-0.05, 0) is 12.1 Å². The first kappa shape index (κ1) is 14.6. The van der Waals surface area contributed by atoms with Gasteiger partial charge >= 0.3 is 5.69 Å². The van der Waals surface area contributed by atoms with E-state index in [9.17, 15) is 22.4 Å². The first-order valence-corrected chi connectivity index (χ1v) is 5.80. The molecule has 0 radical (unpaired) electrons.